The molecule has 2 amide bonds. The van der Waals surface area contributed by atoms with Crippen LogP contribution in [0.25, 0.3) is 0 Å². The first-order valence-corrected chi connectivity index (χ1v) is 9.15. The van der Waals surface area contributed by atoms with E-state index in [0.717, 1.165) is 42.9 Å². The molecule has 1 heterocycles. The van der Waals surface area contributed by atoms with Crippen molar-refractivity contribution in [2.45, 2.75) is 26.2 Å². The smallest absolute Gasteiger partial charge is 0.321 e. The molecule has 0 spiro atoms. The van der Waals surface area contributed by atoms with Crippen LogP contribution < -0.4 is 5.32 Å². The fourth-order valence-electron chi connectivity index (χ4n) is 2.89. The molecular weight excluding hydrogens is 294 g/mol. The Labute approximate surface area is 136 Å². The molecule has 0 saturated carbocycles. The lowest BCUT2D eigenvalue weighted by Crippen LogP contribution is -2.43. The van der Waals surface area contributed by atoms with E-state index < -0.39 is 0 Å². The van der Waals surface area contributed by atoms with Crippen molar-refractivity contribution in [2.24, 2.45) is 5.92 Å². The van der Waals surface area contributed by atoms with Crippen molar-refractivity contribution >= 4 is 23.5 Å². The molecule has 2 rings (SSSR count). The van der Waals surface area contributed by atoms with Crippen LogP contribution >= 0.6 is 11.8 Å². The molecule has 22 heavy (non-hydrogen) atoms. The Morgan fingerprint density at radius 2 is 2.36 bits per heavy atom. The zero-order valence-corrected chi connectivity index (χ0v) is 14.1. The number of nitrogens with zero attached hydrogens (tertiary/aromatic N) is 2. The van der Waals surface area contributed by atoms with Crippen molar-refractivity contribution in [3.8, 4) is 6.07 Å². The number of urea groups is 1. The molecular formula is C17H23N3OS. The van der Waals surface area contributed by atoms with Crippen LogP contribution in [0, 0.1) is 17.2 Å². The van der Waals surface area contributed by atoms with Gasteiger partial charge in [0.2, 0.25) is 0 Å². The molecule has 1 fully saturated rings. The Kier molecular flexibility index (Phi) is 6.14. The Hall–Kier alpha value is -1.67. The molecule has 118 valence electrons. The minimum absolute atomic E-state index is 0.0230. The lowest BCUT2D eigenvalue weighted by atomic mass is 10.0. The summed E-state index contributed by atoms with van der Waals surface area (Å²) in [4.78, 5) is 14.4. The number of thioether (sulfide) groups is 1. The summed E-state index contributed by atoms with van der Waals surface area (Å²) in [6, 6.07) is 7.55. The maximum atomic E-state index is 12.5. The topological polar surface area (TPSA) is 56.1 Å². The van der Waals surface area contributed by atoms with Gasteiger partial charge in [0.15, 0.2) is 0 Å². The number of hydrogen-bond donors (Lipinski definition) is 1. The van der Waals surface area contributed by atoms with Crippen LogP contribution in [0.5, 0.6) is 0 Å². The van der Waals surface area contributed by atoms with E-state index in [1.165, 1.54) is 6.42 Å². The molecule has 0 aromatic heterocycles. The van der Waals surface area contributed by atoms with E-state index in [0.29, 0.717) is 11.5 Å². The van der Waals surface area contributed by atoms with Gasteiger partial charge in [-0.1, -0.05) is 6.92 Å². The van der Waals surface area contributed by atoms with E-state index in [-0.39, 0.29) is 6.03 Å². The zero-order chi connectivity index (χ0) is 15.9. The summed E-state index contributed by atoms with van der Waals surface area (Å²) in [5.74, 6) is 1.71. The number of hydrogen-bond acceptors (Lipinski definition) is 3. The number of likely N-dealkylation sites (tertiary alicyclic amines) is 1. The Morgan fingerprint density at radius 3 is 3.05 bits per heavy atom. The van der Waals surface area contributed by atoms with E-state index in [2.05, 4.69) is 17.6 Å². The summed E-state index contributed by atoms with van der Waals surface area (Å²) in [7, 11) is 0. The number of rotatable bonds is 4. The van der Waals surface area contributed by atoms with Gasteiger partial charge < -0.3 is 10.2 Å². The summed E-state index contributed by atoms with van der Waals surface area (Å²) in [5, 5.41) is 12.0. The standard InChI is InChI=1S/C17H23N3OS/c1-3-15-9-13(10-18)6-7-16(15)19-17(21)20-8-4-5-14(11-20)12-22-2/h6-7,9,14H,3-5,8,11-12H2,1-2H3,(H,19,21). The van der Waals surface area contributed by atoms with E-state index in [4.69, 9.17) is 5.26 Å². The van der Waals surface area contributed by atoms with Crippen molar-refractivity contribution in [3.63, 3.8) is 0 Å². The third-order valence-corrected chi connectivity index (χ3v) is 4.87. The highest BCUT2D eigenvalue weighted by molar-refractivity contribution is 7.98. The molecule has 1 saturated heterocycles. The van der Waals surface area contributed by atoms with Gasteiger partial charge in [-0.3, -0.25) is 0 Å². The number of aryl methyl sites for hydroxylation is 1. The number of carbonyl (C=O) groups is 1. The average molecular weight is 317 g/mol. The molecule has 1 N–H and O–H groups in total. The molecule has 1 unspecified atom stereocenters. The van der Waals surface area contributed by atoms with Crippen molar-refractivity contribution in [1.82, 2.24) is 4.90 Å². The van der Waals surface area contributed by atoms with Gasteiger partial charge in [-0.05, 0) is 61.0 Å². The van der Waals surface area contributed by atoms with Crippen molar-refractivity contribution in [2.75, 3.05) is 30.4 Å². The molecule has 0 bridgehead atoms. The largest absolute Gasteiger partial charge is 0.324 e. The third-order valence-electron chi connectivity index (χ3n) is 4.07. The van der Waals surface area contributed by atoms with Crippen LogP contribution in [0.3, 0.4) is 0 Å². The van der Waals surface area contributed by atoms with E-state index in [9.17, 15) is 4.79 Å². The molecule has 4 nitrogen and oxygen atoms in total. The molecule has 1 aliphatic heterocycles. The monoisotopic (exact) mass is 317 g/mol. The second kappa shape index (κ2) is 8.09. The van der Waals surface area contributed by atoms with Crippen LogP contribution in [-0.2, 0) is 6.42 Å². The van der Waals surface area contributed by atoms with Gasteiger partial charge in [0.1, 0.15) is 0 Å². The number of benzene rings is 1. The van der Waals surface area contributed by atoms with Crippen LogP contribution in [0.15, 0.2) is 18.2 Å². The van der Waals surface area contributed by atoms with Gasteiger partial charge in [0.05, 0.1) is 11.6 Å². The molecule has 5 heteroatoms. The summed E-state index contributed by atoms with van der Waals surface area (Å²) in [6.45, 7) is 3.69. The first-order valence-electron chi connectivity index (χ1n) is 7.75. The molecule has 1 aromatic rings. The van der Waals surface area contributed by atoms with Gasteiger partial charge in [-0.25, -0.2) is 4.79 Å². The first kappa shape index (κ1) is 16.7. The molecule has 1 atom stereocenters. The van der Waals surface area contributed by atoms with Crippen molar-refractivity contribution in [3.05, 3.63) is 29.3 Å². The Balaban J connectivity index is 2.04. The SMILES string of the molecule is CCc1cc(C#N)ccc1NC(=O)N1CCCC(CSC)C1. The molecule has 1 aliphatic rings. The number of nitriles is 1. The number of carbonyl (C=O) groups excluding carboxylic acids is 1. The fraction of sp³-hybridized carbons (Fsp3) is 0.529. The predicted molar refractivity (Wildman–Crippen MR) is 92.2 cm³/mol. The molecule has 0 radical (unpaired) electrons. The molecule has 1 aromatic carbocycles. The Bertz CT molecular complexity index is 566. The maximum Gasteiger partial charge on any atom is 0.321 e. The molecule has 0 aliphatic carbocycles. The highest BCUT2D eigenvalue weighted by Crippen LogP contribution is 2.22. The Morgan fingerprint density at radius 1 is 1.55 bits per heavy atom. The summed E-state index contributed by atoms with van der Waals surface area (Å²) < 4.78 is 0. The van der Waals surface area contributed by atoms with E-state index in [1.54, 1.807) is 6.07 Å². The van der Waals surface area contributed by atoms with Gasteiger partial charge in [-0.2, -0.15) is 17.0 Å². The summed E-state index contributed by atoms with van der Waals surface area (Å²) in [5.41, 5.74) is 2.46. The highest BCUT2D eigenvalue weighted by atomic mass is 32.2. The van der Waals surface area contributed by atoms with Crippen LogP contribution in [0.2, 0.25) is 0 Å². The second-order valence-corrected chi connectivity index (χ2v) is 6.59. The van der Waals surface area contributed by atoms with Gasteiger partial charge >= 0.3 is 6.03 Å². The minimum Gasteiger partial charge on any atom is -0.324 e. The second-order valence-electron chi connectivity index (χ2n) is 5.68. The van der Waals surface area contributed by atoms with Gasteiger partial charge in [-0.15, -0.1) is 0 Å². The number of piperidine rings is 1. The van der Waals surface area contributed by atoms with Crippen LogP contribution in [0.1, 0.15) is 30.9 Å². The lowest BCUT2D eigenvalue weighted by Gasteiger charge is -2.32. The summed E-state index contributed by atoms with van der Waals surface area (Å²) in [6.07, 6.45) is 5.19. The van der Waals surface area contributed by atoms with Gasteiger partial charge in [0, 0.05) is 18.8 Å². The number of amides is 2. The van der Waals surface area contributed by atoms with E-state index in [1.807, 2.05) is 35.7 Å². The fourth-order valence-corrected chi connectivity index (χ4v) is 3.64. The quantitative estimate of drug-likeness (QED) is 0.920. The zero-order valence-electron chi connectivity index (χ0n) is 13.3. The maximum absolute atomic E-state index is 12.5. The van der Waals surface area contributed by atoms with Crippen LogP contribution in [0.4, 0.5) is 10.5 Å². The van der Waals surface area contributed by atoms with Crippen LogP contribution in [-0.4, -0.2) is 36.0 Å². The number of anilines is 1. The van der Waals surface area contributed by atoms with Crippen molar-refractivity contribution in [1.29, 1.82) is 5.26 Å². The van der Waals surface area contributed by atoms with Gasteiger partial charge in [0.25, 0.3) is 0 Å². The highest BCUT2D eigenvalue weighted by Gasteiger charge is 2.23. The minimum atomic E-state index is -0.0230. The number of nitrogens with one attached hydrogen (secondary N) is 1. The first-order chi connectivity index (χ1) is 10.7. The normalized spacial score (nSPS) is 17.9. The third kappa shape index (κ3) is 4.17. The lowest BCUT2D eigenvalue weighted by molar-refractivity contribution is 0.183. The predicted octanol–water partition coefficient (Wildman–Crippen LogP) is 3.73. The summed E-state index contributed by atoms with van der Waals surface area (Å²) >= 11 is 1.85. The van der Waals surface area contributed by atoms with Crippen molar-refractivity contribution < 1.29 is 4.79 Å². The average Bonchev–Trinajstić information content (AvgIpc) is 2.55. The van der Waals surface area contributed by atoms with E-state index >= 15 is 0 Å².